The Morgan fingerprint density at radius 1 is 1.38 bits per heavy atom. The Balaban J connectivity index is 1.99. The number of methoxy groups -OCH3 is 1. The van der Waals surface area contributed by atoms with E-state index >= 15 is 0 Å². The zero-order chi connectivity index (χ0) is 11.4. The number of rotatable bonds is 4. The SMILES string of the molecule is COc1cccc(OCc2csc(N)n2)c1. The smallest absolute Gasteiger partial charge is 0.180 e. The first-order valence-corrected chi connectivity index (χ1v) is 5.62. The Morgan fingerprint density at radius 2 is 2.19 bits per heavy atom. The van der Waals surface area contributed by atoms with Crippen molar-refractivity contribution in [3.8, 4) is 11.5 Å². The summed E-state index contributed by atoms with van der Waals surface area (Å²) in [6, 6.07) is 7.45. The van der Waals surface area contributed by atoms with Crippen LogP contribution < -0.4 is 15.2 Å². The first-order chi connectivity index (χ1) is 7.78. The van der Waals surface area contributed by atoms with E-state index in [1.165, 1.54) is 11.3 Å². The topological polar surface area (TPSA) is 57.4 Å². The van der Waals surface area contributed by atoms with Crippen LogP contribution in [0, 0.1) is 0 Å². The van der Waals surface area contributed by atoms with Crippen LogP contribution in [0.2, 0.25) is 0 Å². The molecule has 0 saturated heterocycles. The highest BCUT2D eigenvalue weighted by molar-refractivity contribution is 7.13. The van der Waals surface area contributed by atoms with Crippen LogP contribution in [0.15, 0.2) is 29.6 Å². The fraction of sp³-hybridized carbons (Fsp3) is 0.182. The number of benzene rings is 1. The predicted octanol–water partition coefficient (Wildman–Crippen LogP) is 2.31. The van der Waals surface area contributed by atoms with Gasteiger partial charge < -0.3 is 15.2 Å². The number of ether oxygens (including phenoxy) is 2. The molecular formula is C11H12N2O2S. The van der Waals surface area contributed by atoms with Gasteiger partial charge in [-0.05, 0) is 12.1 Å². The van der Waals surface area contributed by atoms with Crippen molar-refractivity contribution in [1.29, 1.82) is 0 Å². The molecule has 0 bridgehead atoms. The minimum absolute atomic E-state index is 0.418. The average molecular weight is 236 g/mol. The second kappa shape index (κ2) is 4.85. The number of nitrogen functional groups attached to an aromatic ring is 1. The second-order valence-electron chi connectivity index (χ2n) is 3.14. The third-order valence-corrected chi connectivity index (χ3v) is 2.72. The molecule has 1 aromatic heterocycles. The summed E-state index contributed by atoms with van der Waals surface area (Å²) in [5.41, 5.74) is 6.36. The maximum atomic E-state index is 5.56. The van der Waals surface area contributed by atoms with Crippen molar-refractivity contribution in [3.05, 3.63) is 35.3 Å². The van der Waals surface area contributed by atoms with E-state index in [1.54, 1.807) is 7.11 Å². The van der Waals surface area contributed by atoms with Gasteiger partial charge in [0, 0.05) is 11.4 Å². The molecule has 0 saturated carbocycles. The highest BCUT2D eigenvalue weighted by atomic mass is 32.1. The Labute approximate surface area is 97.6 Å². The summed E-state index contributed by atoms with van der Waals surface area (Å²) >= 11 is 1.41. The second-order valence-corrected chi connectivity index (χ2v) is 4.03. The van der Waals surface area contributed by atoms with Crippen molar-refractivity contribution in [1.82, 2.24) is 4.98 Å². The molecule has 0 radical (unpaired) electrons. The Kier molecular flexibility index (Phi) is 3.26. The number of thiazole rings is 1. The highest BCUT2D eigenvalue weighted by Gasteiger charge is 2.01. The van der Waals surface area contributed by atoms with Gasteiger partial charge in [0.25, 0.3) is 0 Å². The number of hydrogen-bond donors (Lipinski definition) is 1. The molecular weight excluding hydrogens is 224 g/mol. The molecule has 0 aliphatic rings. The first kappa shape index (κ1) is 10.8. The summed E-state index contributed by atoms with van der Waals surface area (Å²) in [7, 11) is 1.63. The molecule has 0 unspecified atom stereocenters. The highest BCUT2D eigenvalue weighted by Crippen LogP contribution is 2.20. The molecule has 2 aromatic rings. The van der Waals surface area contributed by atoms with E-state index in [-0.39, 0.29) is 0 Å². The number of nitrogens with zero attached hydrogens (tertiary/aromatic N) is 1. The maximum absolute atomic E-state index is 5.56. The fourth-order valence-corrected chi connectivity index (χ4v) is 1.78. The quantitative estimate of drug-likeness (QED) is 0.885. The van der Waals surface area contributed by atoms with Gasteiger partial charge in [-0.25, -0.2) is 4.98 Å². The zero-order valence-corrected chi connectivity index (χ0v) is 9.66. The van der Waals surface area contributed by atoms with Gasteiger partial charge in [-0.2, -0.15) is 0 Å². The third kappa shape index (κ3) is 2.64. The first-order valence-electron chi connectivity index (χ1n) is 4.74. The number of aromatic nitrogens is 1. The van der Waals surface area contributed by atoms with Crippen LogP contribution in [-0.2, 0) is 6.61 Å². The lowest BCUT2D eigenvalue weighted by atomic mass is 10.3. The van der Waals surface area contributed by atoms with Crippen molar-refractivity contribution in [2.24, 2.45) is 0 Å². The van der Waals surface area contributed by atoms with Crippen molar-refractivity contribution < 1.29 is 9.47 Å². The van der Waals surface area contributed by atoms with Crippen LogP contribution in [-0.4, -0.2) is 12.1 Å². The summed E-state index contributed by atoms with van der Waals surface area (Å²) in [6.45, 7) is 0.418. The van der Waals surface area contributed by atoms with E-state index in [4.69, 9.17) is 15.2 Å². The number of anilines is 1. The Hall–Kier alpha value is -1.75. The predicted molar refractivity (Wildman–Crippen MR) is 63.9 cm³/mol. The van der Waals surface area contributed by atoms with Gasteiger partial charge in [-0.15, -0.1) is 11.3 Å². The Morgan fingerprint density at radius 3 is 2.88 bits per heavy atom. The van der Waals surface area contributed by atoms with Crippen LogP contribution in [0.3, 0.4) is 0 Å². The molecule has 2 N–H and O–H groups in total. The van der Waals surface area contributed by atoms with E-state index < -0.39 is 0 Å². The number of nitrogens with two attached hydrogens (primary N) is 1. The van der Waals surface area contributed by atoms with E-state index in [1.807, 2.05) is 29.6 Å². The lowest BCUT2D eigenvalue weighted by Crippen LogP contribution is -1.96. The monoisotopic (exact) mass is 236 g/mol. The van der Waals surface area contributed by atoms with Crippen LogP contribution in [0.1, 0.15) is 5.69 Å². The lowest BCUT2D eigenvalue weighted by Gasteiger charge is -2.05. The van der Waals surface area contributed by atoms with E-state index in [2.05, 4.69) is 4.98 Å². The number of hydrogen-bond acceptors (Lipinski definition) is 5. The molecule has 5 heteroatoms. The van der Waals surface area contributed by atoms with Gasteiger partial charge in [-0.3, -0.25) is 0 Å². The summed E-state index contributed by atoms with van der Waals surface area (Å²) in [6.07, 6.45) is 0. The van der Waals surface area contributed by atoms with Crippen molar-refractivity contribution in [2.45, 2.75) is 6.61 Å². The minimum atomic E-state index is 0.418. The van der Waals surface area contributed by atoms with E-state index in [9.17, 15) is 0 Å². The average Bonchev–Trinajstić information content (AvgIpc) is 2.73. The minimum Gasteiger partial charge on any atom is -0.497 e. The molecule has 2 rings (SSSR count). The van der Waals surface area contributed by atoms with Crippen LogP contribution in [0.5, 0.6) is 11.5 Å². The van der Waals surface area contributed by atoms with Gasteiger partial charge in [0.2, 0.25) is 0 Å². The molecule has 0 aliphatic carbocycles. The van der Waals surface area contributed by atoms with Crippen LogP contribution >= 0.6 is 11.3 Å². The van der Waals surface area contributed by atoms with E-state index in [0.717, 1.165) is 17.2 Å². The standard InChI is InChI=1S/C11H12N2O2S/c1-14-9-3-2-4-10(5-9)15-6-8-7-16-11(12)13-8/h2-5,7H,6H2,1H3,(H2,12,13). The molecule has 0 fully saturated rings. The van der Waals surface area contributed by atoms with Gasteiger partial charge in [0.05, 0.1) is 12.8 Å². The molecule has 1 heterocycles. The summed E-state index contributed by atoms with van der Waals surface area (Å²) in [5.74, 6) is 1.53. The van der Waals surface area contributed by atoms with E-state index in [0.29, 0.717) is 11.7 Å². The van der Waals surface area contributed by atoms with Crippen LogP contribution in [0.25, 0.3) is 0 Å². The van der Waals surface area contributed by atoms with Gasteiger partial charge in [0.1, 0.15) is 18.1 Å². The summed E-state index contributed by atoms with van der Waals surface area (Å²) in [4.78, 5) is 4.11. The van der Waals surface area contributed by atoms with Crippen molar-refractivity contribution in [3.63, 3.8) is 0 Å². The molecule has 16 heavy (non-hydrogen) atoms. The molecule has 0 spiro atoms. The molecule has 0 amide bonds. The van der Waals surface area contributed by atoms with Gasteiger partial charge in [-0.1, -0.05) is 6.07 Å². The third-order valence-electron chi connectivity index (χ3n) is 2.00. The molecule has 1 aromatic carbocycles. The zero-order valence-electron chi connectivity index (χ0n) is 8.84. The molecule has 84 valence electrons. The molecule has 0 aliphatic heterocycles. The largest absolute Gasteiger partial charge is 0.497 e. The maximum Gasteiger partial charge on any atom is 0.180 e. The summed E-state index contributed by atoms with van der Waals surface area (Å²) in [5, 5.41) is 2.44. The summed E-state index contributed by atoms with van der Waals surface area (Å²) < 4.78 is 10.7. The molecule has 0 atom stereocenters. The molecule has 4 nitrogen and oxygen atoms in total. The van der Waals surface area contributed by atoms with Crippen molar-refractivity contribution in [2.75, 3.05) is 12.8 Å². The lowest BCUT2D eigenvalue weighted by molar-refractivity contribution is 0.300. The van der Waals surface area contributed by atoms with Crippen LogP contribution in [0.4, 0.5) is 5.13 Å². The van der Waals surface area contributed by atoms with Gasteiger partial charge in [0.15, 0.2) is 5.13 Å². The van der Waals surface area contributed by atoms with Gasteiger partial charge >= 0.3 is 0 Å². The van der Waals surface area contributed by atoms with Crippen molar-refractivity contribution >= 4 is 16.5 Å². The Bertz CT molecular complexity index is 471. The fourth-order valence-electron chi connectivity index (χ4n) is 1.24. The normalized spacial score (nSPS) is 10.1.